The maximum Gasteiger partial charge on any atom is 0.471 e. The molecule has 2 rings (SSSR count). The largest absolute Gasteiger partial charge is 0.471 e. The minimum atomic E-state index is -4.84. The summed E-state index contributed by atoms with van der Waals surface area (Å²) in [5.41, 5.74) is 2.62. The number of likely N-dealkylation sites (tertiary alicyclic amines) is 1. The highest BCUT2D eigenvalue weighted by Gasteiger charge is 2.43. The first-order valence-corrected chi connectivity index (χ1v) is 7.42. The fraction of sp³-hybridized carbons (Fsp3) is 0.500. The molecule has 2 amide bonds. The van der Waals surface area contributed by atoms with Crippen LogP contribution in [0, 0.1) is 13.8 Å². The molecule has 0 spiro atoms. The fourth-order valence-corrected chi connectivity index (χ4v) is 2.56. The van der Waals surface area contributed by atoms with E-state index >= 15 is 0 Å². The summed E-state index contributed by atoms with van der Waals surface area (Å²) in [6.45, 7) is 3.85. The Bertz CT molecular complexity index is 606. The molecule has 23 heavy (non-hydrogen) atoms. The van der Waals surface area contributed by atoms with Crippen molar-refractivity contribution in [3.8, 4) is 0 Å². The monoisotopic (exact) mass is 328 g/mol. The Kier molecular flexibility index (Phi) is 4.97. The van der Waals surface area contributed by atoms with E-state index < -0.39 is 12.1 Å². The highest BCUT2D eigenvalue weighted by molar-refractivity contribution is 5.94. The predicted octanol–water partition coefficient (Wildman–Crippen LogP) is 2.59. The van der Waals surface area contributed by atoms with E-state index in [0.717, 1.165) is 16.0 Å². The molecule has 0 atom stereocenters. The van der Waals surface area contributed by atoms with E-state index in [1.54, 1.807) is 12.1 Å². The number of aryl methyl sites for hydroxylation is 2. The van der Waals surface area contributed by atoms with Gasteiger partial charge in [-0.05, 0) is 49.9 Å². The Hall–Kier alpha value is -2.05. The lowest BCUT2D eigenvalue weighted by atomic mass is 10.0. The number of carbonyl (C=O) groups is 2. The van der Waals surface area contributed by atoms with Crippen LogP contribution < -0.4 is 5.32 Å². The molecule has 4 nitrogen and oxygen atoms in total. The summed E-state index contributed by atoms with van der Waals surface area (Å²) in [4.78, 5) is 24.1. The second kappa shape index (κ2) is 6.60. The molecular weight excluding hydrogens is 309 g/mol. The van der Waals surface area contributed by atoms with Gasteiger partial charge in [-0.25, -0.2) is 0 Å². The van der Waals surface area contributed by atoms with Gasteiger partial charge in [-0.15, -0.1) is 0 Å². The molecule has 1 aliphatic heterocycles. The van der Waals surface area contributed by atoms with Gasteiger partial charge in [-0.1, -0.05) is 6.07 Å². The molecule has 0 unspecified atom stereocenters. The number of amides is 2. The molecule has 1 heterocycles. The minimum Gasteiger partial charge on any atom is -0.349 e. The fourth-order valence-electron chi connectivity index (χ4n) is 2.56. The number of piperidine rings is 1. The van der Waals surface area contributed by atoms with Crippen molar-refractivity contribution in [1.29, 1.82) is 0 Å². The summed E-state index contributed by atoms with van der Waals surface area (Å²) in [6, 6.07) is 5.14. The smallest absolute Gasteiger partial charge is 0.349 e. The normalized spacial score (nSPS) is 16.3. The molecular formula is C16H19F3N2O2. The molecule has 1 aromatic rings. The lowest BCUT2D eigenvalue weighted by Gasteiger charge is -2.32. The molecule has 7 heteroatoms. The minimum absolute atomic E-state index is 0.00375. The molecule has 0 aliphatic carbocycles. The summed E-state index contributed by atoms with van der Waals surface area (Å²) in [5, 5.41) is 2.82. The lowest BCUT2D eigenvalue weighted by Crippen LogP contribution is -2.50. The first-order chi connectivity index (χ1) is 10.7. The van der Waals surface area contributed by atoms with E-state index in [2.05, 4.69) is 5.32 Å². The Morgan fingerprint density at radius 2 is 1.74 bits per heavy atom. The highest BCUT2D eigenvalue weighted by atomic mass is 19.4. The number of nitrogens with one attached hydrogen (secondary N) is 1. The van der Waals surface area contributed by atoms with Crippen LogP contribution in [0.15, 0.2) is 18.2 Å². The van der Waals surface area contributed by atoms with Crippen LogP contribution in [0.5, 0.6) is 0 Å². The van der Waals surface area contributed by atoms with Crippen molar-refractivity contribution < 1.29 is 22.8 Å². The van der Waals surface area contributed by atoms with E-state index in [1.807, 2.05) is 19.9 Å². The van der Waals surface area contributed by atoms with Crippen LogP contribution in [0.3, 0.4) is 0 Å². The molecule has 0 saturated carbocycles. The third-order valence-corrected chi connectivity index (χ3v) is 4.13. The Labute approximate surface area is 132 Å². The molecule has 1 aliphatic rings. The second-order valence-electron chi connectivity index (χ2n) is 5.84. The van der Waals surface area contributed by atoms with E-state index in [1.165, 1.54) is 0 Å². The number of benzene rings is 1. The quantitative estimate of drug-likeness (QED) is 0.907. The summed E-state index contributed by atoms with van der Waals surface area (Å²) in [7, 11) is 0. The molecule has 126 valence electrons. The van der Waals surface area contributed by atoms with E-state index in [-0.39, 0.29) is 25.0 Å². The molecule has 0 aromatic heterocycles. The molecule has 1 aromatic carbocycles. The van der Waals surface area contributed by atoms with Crippen molar-refractivity contribution in [3.05, 3.63) is 34.9 Å². The number of carbonyl (C=O) groups excluding carboxylic acids is 2. The first kappa shape index (κ1) is 17.3. The maximum absolute atomic E-state index is 12.4. The second-order valence-corrected chi connectivity index (χ2v) is 5.84. The zero-order valence-electron chi connectivity index (χ0n) is 13.0. The topological polar surface area (TPSA) is 49.4 Å². The molecule has 0 bridgehead atoms. The number of nitrogens with zero attached hydrogens (tertiary/aromatic N) is 1. The third kappa shape index (κ3) is 4.24. The van der Waals surface area contributed by atoms with E-state index in [4.69, 9.17) is 0 Å². The Balaban J connectivity index is 1.90. The molecule has 1 saturated heterocycles. The van der Waals surface area contributed by atoms with Crippen molar-refractivity contribution >= 4 is 11.8 Å². The first-order valence-electron chi connectivity index (χ1n) is 7.42. The average Bonchev–Trinajstić information content (AvgIpc) is 2.49. The van der Waals surface area contributed by atoms with Gasteiger partial charge < -0.3 is 10.2 Å². The zero-order valence-corrected chi connectivity index (χ0v) is 13.0. The summed E-state index contributed by atoms with van der Waals surface area (Å²) in [5.74, 6) is -2.05. The number of halogens is 3. The van der Waals surface area contributed by atoms with Crippen LogP contribution in [0.2, 0.25) is 0 Å². The Morgan fingerprint density at radius 1 is 1.13 bits per heavy atom. The van der Waals surface area contributed by atoms with Gasteiger partial charge in [0.25, 0.3) is 5.91 Å². The third-order valence-electron chi connectivity index (χ3n) is 4.13. The molecule has 0 radical (unpaired) electrons. The Morgan fingerprint density at radius 3 is 2.26 bits per heavy atom. The summed E-state index contributed by atoms with van der Waals surface area (Å²) in [6.07, 6.45) is -4.20. The number of hydrogen-bond acceptors (Lipinski definition) is 2. The van der Waals surface area contributed by atoms with Gasteiger partial charge in [0, 0.05) is 24.7 Å². The van der Waals surface area contributed by atoms with Crippen molar-refractivity contribution in [2.45, 2.75) is 38.9 Å². The van der Waals surface area contributed by atoms with Crippen LogP contribution in [-0.4, -0.2) is 42.0 Å². The average molecular weight is 328 g/mol. The standard InChI is InChI=1S/C16H19F3N2O2/c1-10-3-4-12(9-11(10)2)14(22)20-13-5-7-21(8-6-13)15(23)16(17,18)19/h3-4,9,13H,5-8H2,1-2H3,(H,20,22). The van der Waals surface area contributed by atoms with Crippen molar-refractivity contribution in [2.75, 3.05) is 13.1 Å². The van der Waals surface area contributed by atoms with Crippen molar-refractivity contribution in [1.82, 2.24) is 10.2 Å². The van der Waals surface area contributed by atoms with Crippen LogP contribution in [0.25, 0.3) is 0 Å². The highest BCUT2D eigenvalue weighted by Crippen LogP contribution is 2.21. The van der Waals surface area contributed by atoms with Gasteiger partial charge >= 0.3 is 12.1 Å². The summed E-state index contributed by atoms with van der Waals surface area (Å²) >= 11 is 0. The van der Waals surface area contributed by atoms with Gasteiger partial charge in [0.1, 0.15) is 0 Å². The van der Waals surface area contributed by atoms with Gasteiger partial charge in [-0.2, -0.15) is 13.2 Å². The summed E-state index contributed by atoms with van der Waals surface area (Å²) < 4.78 is 37.1. The van der Waals surface area contributed by atoms with E-state index in [9.17, 15) is 22.8 Å². The van der Waals surface area contributed by atoms with Gasteiger partial charge in [0.05, 0.1) is 0 Å². The lowest BCUT2D eigenvalue weighted by molar-refractivity contribution is -0.186. The van der Waals surface area contributed by atoms with Gasteiger partial charge in [0.15, 0.2) is 0 Å². The number of alkyl halides is 3. The number of rotatable bonds is 2. The van der Waals surface area contributed by atoms with E-state index in [0.29, 0.717) is 18.4 Å². The SMILES string of the molecule is Cc1ccc(C(=O)NC2CCN(C(=O)C(F)(F)F)CC2)cc1C. The van der Waals surface area contributed by atoms with Crippen molar-refractivity contribution in [3.63, 3.8) is 0 Å². The van der Waals surface area contributed by atoms with Crippen LogP contribution in [0.4, 0.5) is 13.2 Å². The maximum atomic E-state index is 12.4. The van der Waals surface area contributed by atoms with Crippen LogP contribution in [0.1, 0.15) is 34.3 Å². The molecule has 1 fully saturated rings. The predicted molar refractivity (Wildman–Crippen MR) is 79.0 cm³/mol. The zero-order chi connectivity index (χ0) is 17.2. The van der Waals surface area contributed by atoms with Crippen LogP contribution in [-0.2, 0) is 4.79 Å². The molecule has 1 N–H and O–H groups in total. The van der Waals surface area contributed by atoms with Crippen molar-refractivity contribution in [2.24, 2.45) is 0 Å². The van der Waals surface area contributed by atoms with Gasteiger partial charge in [-0.3, -0.25) is 9.59 Å². The number of hydrogen-bond donors (Lipinski definition) is 1. The van der Waals surface area contributed by atoms with Gasteiger partial charge in [0.2, 0.25) is 0 Å². The van der Waals surface area contributed by atoms with Crippen LogP contribution >= 0.6 is 0 Å².